The molecule has 1 rings (SSSR count). The van der Waals surface area contributed by atoms with Crippen LogP contribution in [-0.2, 0) is 6.42 Å². The molecule has 0 spiro atoms. The molecule has 1 aromatic rings. The summed E-state index contributed by atoms with van der Waals surface area (Å²) in [6.45, 7) is 6.12. The van der Waals surface area contributed by atoms with Crippen LogP contribution in [0.3, 0.4) is 0 Å². The van der Waals surface area contributed by atoms with Crippen molar-refractivity contribution in [3.05, 3.63) is 23.0 Å². The fourth-order valence-corrected chi connectivity index (χ4v) is 0.993. The van der Waals surface area contributed by atoms with E-state index in [-0.39, 0.29) is 0 Å². The van der Waals surface area contributed by atoms with E-state index < -0.39 is 0 Å². The molecule has 0 aliphatic rings. The molecule has 2 heteroatoms. The summed E-state index contributed by atoms with van der Waals surface area (Å²) in [5.74, 6) is 0. The monoisotopic (exact) mass is 136 g/mol. The van der Waals surface area contributed by atoms with Gasteiger partial charge >= 0.3 is 0 Å². The van der Waals surface area contributed by atoms with E-state index in [1.54, 1.807) is 0 Å². The highest BCUT2D eigenvalue weighted by molar-refractivity contribution is 5.18. The lowest BCUT2D eigenvalue weighted by Crippen LogP contribution is -1.96. The van der Waals surface area contributed by atoms with E-state index in [1.807, 2.05) is 6.92 Å². The molecule has 1 heterocycles. The van der Waals surface area contributed by atoms with Gasteiger partial charge in [0.15, 0.2) is 0 Å². The molecule has 0 atom stereocenters. The Kier molecular flexibility index (Phi) is 2.00. The van der Waals surface area contributed by atoms with Crippen LogP contribution >= 0.6 is 0 Å². The molecule has 0 saturated heterocycles. The Morgan fingerprint density at radius 3 is 2.50 bits per heavy atom. The van der Waals surface area contributed by atoms with Gasteiger partial charge in [-0.3, -0.25) is 0 Å². The minimum absolute atomic E-state index is 0.971. The summed E-state index contributed by atoms with van der Waals surface area (Å²) in [4.78, 5) is 0. The van der Waals surface area contributed by atoms with Crippen LogP contribution in [-0.4, -0.2) is 10.2 Å². The zero-order chi connectivity index (χ0) is 7.56. The van der Waals surface area contributed by atoms with Crippen LogP contribution in [0.1, 0.15) is 23.9 Å². The molecule has 0 aliphatic heterocycles. The summed E-state index contributed by atoms with van der Waals surface area (Å²) in [6, 6.07) is 2.06. The zero-order valence-electron chi connectivity index (χ0n) is 6.68. The van der Waals surface area contributed by atoms with E-state index in [1.165, 1.54) is 5.56 Å². The van der Waals surface area contributed by atoms with E-state index in [9.17, 15) is 0 Å². The number of aryl methyl sites for hydroxylation is 3. The van der Waals surface area contributed by atoms with E-state index >= 15 is 0 Å². The molecule has 0 N–H and O–H groups in total. The average molecular weight is 136 g/mol. The highest BCUT2D eigenvalue weighted by Gasteiger charge is 1.96. The Bertz CT molecular complexity index is 231. The molecule has 2 nitrogen and oxygen atoms in total. The first-order valence-electron chi connectivity index (χ1n) is 3.54. The molecule has 0 aromatic carbocycles. The second-order valence-electron chi connectivity index (χ2n) is 2.47. The van der Waals surface area contributed by atoms with Gasteiger partial charge in [-0.05, 0) is 31.9 Å². The van der Waals surface area contributed by atoms with Gasteiger partial charge in [0.1, 0.15) is 0 Å². The third-order valence-electron chi connectivity index (χ3n) is 1.54. The molecule has 0 fully saturated rings. The largest absolute Gasteiger partial charge is 0.156 e. The van der Waals surface area contributed by atoms with E-state index in [0.717, 1.165) is 17.8 Å². The van der Waals surface area contributed by atoms with Gasteiger partial charge in [-0.2, -0.15) is 10.2 Å². The summed E-state index contributed by atoms with van der Waals surface area (Å²) < 4.78 is 0. The van der Waals surface area contributed by atoms with Crippen molar-refractivity contribution in [1.82, 2.24) is 10.2 Å². The van der Waals surface area contributed by atoms with Crippen molar-refractivity contribution in [3.63, 3.8) is 0 Å². The molecular formula is C8H12N2. The quantitative estimate of drug-likeness (QED) is 0.586. The van der Waals surface area contributed by atoms with Gasteiger partial charge in [-0.15, -0.1) is 0 Å². The van der Waals surface area contributed by atoms with Crippen molar-refractivity contribution in [2.45, 2.75) is 27.2 Å². The lowest BCUT2D eigenvalue weighted by molar-refractivity contribution is 0.876. The highest BCUT2D eigenvalue weighted by atomic mass is 15.1. The first kappa shape index (κ1) is 7.19. The number of aromatic nitrogens is 2. The zero-order valence-corrected chi connectivity index (χ0v) is 6.68. The van der Waals surface area contributed by atoms with Crippen molar-refractivity contribution in [1.29, 1.82) is 0 Å². The van der Waals surface area contributed by atoms with Crippen molar-refractivity contribution in [2.75, 3.05) is 0 Å². The van der Waals surface area contributed by atoms with E-state index in [0.29, 0.717) is 0 Å². The second kappa shape index (κ2) is 2.78. The van der Waals surface area contributed by atoms with Crippen molar-refractivity contribution in [3.8, 4) is 0 Å². The summed E-state index contributed by atoms with van der Waals surface area (Å²) in [5.41, 5.74) is 3.34. The lowest BCUT2D eigenvalue weighted by Gasteiger charge is -1.99. The maximum Gasteiger partial charge on any atom is 0.0657 e. The van der Waals surface area contributed by atoms with Crippen LogP contribution in [0.25, 0.3) is 0 Å². The molecular weight excluding hydrogens is 124 g/mol. The normalized spacial score (nSPS) is 9.90. The van der Waals surface area contributed by atoms with Gasteiger partial charge in [-0.25, -0.2) is 0 Å². The molecule has 0 bridgehead atoms. The molecule has 0 saturated carbocycles. The molecule has 54 valence electrons. The van der Waals surface area contributed by atoms with Gasteiger partial charge in [0.25, 0.3) is 0 Å². The van der Waals surface area contributed by atoms with Gasteiger partial charge in [0.05, 0.1) is 11.4 Å². The van der Waals surface area contributed by atoms with Gasteiger partial charge < -0.3 is 0 Å². The molecule has 0 aliphatic carbocycles. The molecule has 1 aromatic heterocycles. The first-order chi connectivity index (χ1) is 4.74. The molecule has 0 unspecified atom stereocenters. The van der Waals surface area contributed by atoms with Crippen molar-refractivity contribution < 1.29 is 0 Å². The Labute approximate surface area is 61.3 Å². The third kappa shape index (κ3) is 1.32. The Morgan fingerprint density at radius 1 is 1.30 bits per heavy atom. The molecule has 0 amide bonds. The van der Waals surface area contributed by atoms with E-state index in [4.69, 9.17) is 0 Å². The number of nitrogens with zero attached hydrogens (tertiary/aromatic N) is 2. The topological polar surface area (TPSA) is 25.8 Å². The average Bonchev–Trinajstić information content (AvgIpc) is 1.88. The maximum absolute atomic E-state index is 4.05. The Balaban J connectivity index is 3.07. The summed E-state index contributed by atoms with van der Waals surface area (Å²) in [7, 11) is 0. The van der Waals surface area contributed by atoms with Crippen molar-refractivity contribution in [2.24, 2.45) is 0 Å². The first-order valence-corrected chi connectivity index (χ1v) is 3.54. The predicted octanol–water partition coefficient (Wildman–Crippen LogP) is 1.66. The number of hydrogen-bond donors (Lipinski definition) is 0. The fraction of sp³-hybridized carbons (Fsp3) is 0.500. The smallest absolute Gasteiger partial charge is 0.0657 e. The fourth-order valence-electron chi connectivity index (χ4n) is 0.993. The number of hydrogen-bond acceptors (Lipinski definition) is 2. The standard InChI is InChI=1S/C8H12N2/c1-4-8-6(2)5-7(3)9-10-8/h5H,4H2,1-3H3. The lowest BCUT2D eigenvalue weighted by atomic mass is 10.2. The van der Waals surface area contributed by atoms with Crippen LogP contribution in [0, 0.1) is 13.8 Å². The highest BCUT2D eigenvalue weighted by Crippen LogP contribution is 2.03. The van der Waals surface area contributed by atoms with E-state index in [2.05, 4.69) is 30.1 Å². The van der Waals surface area contributed by atoms with Crippen LogP contribution in [0.2, 0.25) is 0 Å². The van der Waals surface area contributed by atoms with Gasteiger partial charge in [0, 0.05) is 0 Å². The number of rotatable bonds is 1. The van der Waals surface area contributed by atoms with Crippen LogP contribution in [0.15, 0.2) is 6.07 Å². The third-order valence-corrected chi connectivity index (χ3v) is 1.54. The SMILES string of the molecule is CCc1nnc(C)cc1C. The predicted molar refractivity (Wildman–Crippen MR) is 40.9 cm³/mol. The second-order valence-corrected chi connectivity index (χ2v) is 2.47. The Morgan fingerprint density at radius 2 is 2.00 bits per heavy atom. The maximum atomic E-state index is 4.05. The van der Waals surface area contributed by atoms with Gasteiger partial charge in [0.2, 0.25) is 0 Å². The van der Waals surface area contributed by atoms with Crippen LogP contribution in [0.4, 0.5) is 0 Å². The minimum atomic E-state index is 0.971. The van der Waals surface area contributed by atoms with Crippen molar-refractivity contribution >= 4 is 0 Å². The van der Waals surface area contributed by atoms with Gasteiger partial charge in [-0.1, -0.05) is 6.92 Å². The molecule has 10 heavy (non-hydrogen) atoms. The van der Waals surface area contributed by atoms with Crippen LogP contribution in [0.5, 0.6) is 0 Å². The minimum Gasteiger partial charge on any atom is -0.156 e. The Hall–Kier alpha value is -0.920. The molecule has 0 radical (unpaired) electrons. The summed E-state index contributed by atoms with van der Waals surface area (Å²) in [6.07, 6.45) is 0.971. The van der Waals surface area contributed by atoms with Crippen LogP contribution < -0.4 is 0 Å². The summed E-state index contributed by atoms with van der Waals surface area (Å²) in [5, 5.41) is 8.01. The summed E-state index contributed by atoms with van der Waals surface area (Å²) >= 11 is 0.